The van der Waals surface area contributed by atoms with Crippen molar-refractivity contribution in [3.05, 3.63) is 59.7 Å². The zero-order chi connectivity index (χ0) is 20.1. The van der Waals surface area contributed by atoms with Crippen molar-refractivity contribution in [2.24, 2.45) is 5.92 Å². The molecule has 1 fully saturated rings. The maximum Gasteiger partial charge on any atom is 0.251 e. The summed E-state index contributed by atoms with van der Waals surface area (Å²) in [5.41, 5.74) is 3.31. The first-order valence-corrected chi connectivity index (χ1v) is 10.0. The van der Waals surface area contributed by atoms with Crippen molar-refractivity contribution in [3.8, 4) is 17.2 Å². The van der Waals surface area contributed by atoms with Crippen LogP contribution in [0.1, 0.15) is 55.5 Å². The Bertz CT molecular complexity index is 859. The molecule has 1 amide bonds. The second-order valence-electron chi connectivity index (χ2n) is 8.07. The minimum atomic E-state index is -0.337. The number of nitrogens with one attached hydrogen (secondary N) is 1. The topological polar surface area (TPSA) is 73.1 Å². The number of nitrogens with zero attached hydrogens (tertiary/aromatic N) is 1. The molecule has 0 radical (unpaired) electrons. The van der Waals surface area contributed by atoms with Crippen LogP contribution < -0.4 is 5.32 Å². The molecular weight excluding hydrogens is 348 g/mol. The molecule has 1 aliphatic rings. The highest BCUT2D eigenvalue weighted by Crippen LogP contribution is 2.41. The van der Waals surface area contributed by atoms with Gasteiger partial charge in [-0.1, -0.05) is 63.1 Å². The molecule has 1 atom stereocenters. The lowest BCUT2D eigenvalue weighted by Gasteiger charge is -2.21. The van der Waals surface area contributed by atoms with Gasteiger partial charge in [-0.25, -0.2) is 0 Å². The molecule has 4 nitrogen and oxygen atoms in total. The zero-order valence-corrected chi connectivity index (χ0v) is 16.6. The lowest BCUT2D eigenvalue weighted by Crippen LogP contribution is -2.41. The SMILES string of the molecule is CC(C)C(CO)NC(=O)c1cccc(-c2ccc(C3(C#N)CCCC3)cc2)c1. The number of hydrogen-bond acceptors (Lipinski definition) is 3. The van der Waals surface area contributed by atoms with Gasteiger partial charge in [-0.05, 0) is 47.6 Å². The minimum absolute atomic E-state index is 0.0782. The van der Waals surface area contributed by atoms with Gasteiger partial charge in [0.05, 0.1) is 24.1 Å². The predicted molar refractivity (Wildman–Crippen MR) is 111 cm³/mol. The van der Waals surface area contributed by atoms with Crippen LogP contribution in [-0.4, -0.2) is 23.7 Å². The summed E-state index contributed by atoms with van der Waals surface area (Å²) in [6, 6.07) is 18.0. The normalized spacial score (nSPS) is 16.5. The molecule has 0 heterocycles. The molecule has 0 aliphatic heterocycles. The monoisotopic (exact) mass is 376 g/mol. The Labute approximate surface area is 167 Å². The summed E-state index contributed by atoms with van der Waals surface area (Å²) in [4.78, 5) is 12.6. The van der Waals surface area contributed by atoms with E-state index in [4.69, 9.17) is 0 Å². The molecule has 2 aromatic rings. The van der Waals surface area contributed by atoms with Crippen LogP contribution in [0, 0.1) is 17.2 Å². The summed E-state index contributed by atoms with van der Waals surface area (Å²) in [6.45, 7) is 3.86. The zero-order valence-electron chi connectivity index (χ0n) is 16.6. The molecule has 1 aliphatic carbocycles. The van der Waals surface area contributed by atoms with Crippen molar-refractivity contribution < 1.29 is 9.90 Å². The van der Waals surface area contributed by atoms with Gasteiger partial charge < -0.3 is 10.4 Å². The van der Waals surface area contributed by atoms with E-state index in [0.717, 1.165) is 42.4 Å². The average Bonchev–Trinajstić information content (AvgIpc) is 3.22. The van der Waals surface area contributed by atoms with Gasteiger partial charge in [-0.3, -0.25) is 4.79 Å². The fourth-order valence-electron chi connectivity index (χ4n) is 3.94. The van der Waals surface area contributed by atoms with Crippen LogP contribution in [0.4, 0.5) is 0 Å². The average molecular weight is 377 g/mol. The van der Waals surface area contributed by atoms with Gasteiger partial charge in [-0.2, -0.15) is 5.26 Å². The van der Waals surface area contributed by atoms with Crippen molar-refractivity contribution >= 4 is 5.91 Å². The number of hydrogen-bond donors (Lipinski definition) is 2. The first kappa shape index (κ1) is 20.1. The van der Waals surface area contributed by atoms with E-state index in [1.807, 2.05) is 44.2 Å². The summed E-state index contributed by atoms with van der Waals surface area (Å²) in [6.07, 6.45) is 4.08. The second-order valence-corrected chi connectivity index (χ2v) is 8.07. The number of rotatable bonds is 6. The van der Waals surface area contributed by atoms with E-state index >= 15 is 0 Å². The molecule has 28 heavy (non-hydrogen) atoms. The lowest BCUT2D eigenvalue weighted by molar-refractivity contribution is 0.0897. The standard InChI is InChI=1S/C24H28N2O2/c1-17(2)22(15-27)26-23(28)20-7-5-6-19(14-20)18-8-10-21(11-9-18)24(16-25)12-3-4-13-24/h5-11,14,17,22,27H,3-4,12-13,15H2,1-2H3,(H,26,28). The Kier molecular flexibility index (Phi) is 6.16. The number of carbonyl (C=O) groups is 1. The van der Waals surface area contributed by atoms with E-state index in [1.165, 1.54) is 0 Å². The molecule has 3 rings (SSSR count). The highest BCUT2D eigenvalue weighted by Gasteiger charge is 2.35. The van der Waals surface area contributed by atoms with Crippen molar-refractivity contribution in [2.75, 3.05) is 6.61 Å². The first-order valence-electron chi connectivity index (χ1n) is 10.0. The fourth-order valence-corrected chi connectivity index (χ4v) is 3.94. The molecule has 0 bridgehead atoms. The van der Waals surface area contributed by atoms with Crippen LogP contribution in [0.5, 0.6) is 0 Å². The highest BCUT2D eigenvalue weighted by atomic mass is 16.3. The van der Waals surface area contributed by atoms with E-state index in [9.17, 15) is 15.2 Å². The Balaban J connectivity index is 1.80. The van der Waals surface area contributed by atoms with Crippen LogP contribution >= 0.6 is 0 Å². The Morgan fingerprint density at radius 3 is 2.39 bits per heavy atom. The van der Waals surface area contributed by atoms with Crippen molar-refractivity contribution in [1.29, 1.82) is 5.26 Å². The number of amides is 1. The van der Waals surface area contributed by atoms with Gasteiger partial charge in [0, 0.05) is 5.56 Å². The van der Waals surface area contributed by atoms with Crippen LogP contribution in [0.15, 0.2) is 48.5 Å². The maximum absolute atomic E-state index is 12.6. The fraction of sp³-hybridized carbons (Fsp3) is 0.417. The minimum Gasteiger partial charge on any atom is -0.394 e. The van der Waals surface area contributed by atoms with Crippen molar-refractivity contribution in [3.63, 3.8) is 0 Å². The summed E-state index contributed by atoms with van der Waals surface area (Å²) < 4.78 is 0. The van der Waals surface area contributed by atoms with Gasteiger partial charge in [0.2, 0.25) is 0 Å². The van der Waals surface area contributed by atoms with E-state index < -0.39 is 0 Å². The van der Waals surface area contributed by atoms with Crippen molar-refractivity contribution in [2.45, 2.75) is 51.0 Å². The predicted octanol–water partition coefficient (Wildman–Crippen LogP) is 4.44. The number of nitriles is 1. The molecule has 0 saturated heterocycles. The molecule has 4 heteroatoms. The smallest absolute Gasteiger partial charge is 0.251 e. The molecule has 2 N–H and O–H groups in total. The van der Waals surface area contributed by atoms with Crippen LogP contribution in [-0.2, 0) is 5.41 Å². The van der Waals surface area contributed by atoms with Crippen LogP contribution in [0.2, 0.25) is 0 Å². The molecule has 2 aromatic carbocycles. The highest BCUT2D eigenvalue weighted by molar-refractivity contribution is 5.95. The lowest BCUT2D eigenvalue weighted by atomic mass is 9.80. The Morgan fingerprint density at radius 1 is 1.14 bits per heavy atom. The molecule has 0 spiro atoms. The molecule has 146 valence electrons. The number of benzene rings is 2. The summed E-state index contributed by atoms with van der Waals surface area (Å²) in [5, 5.41) is 22.0. The summed E-state index contributed by atoms with van der Waals surface area (Å²) in [7, 11) is 0. The van der Waals surface area contributed by atoms with Gasteiger partial charge in [0.25, 0.3) is 5.91 Å². The third-order valence-corrected chi connectivity index (χ3v) is 5.88. The largest absolute Gasteiger partial charge is 0.394 e. The molecule has 1 saturated carbocycles. The van der Waals surface area contributed by atoms with E-state index in [-0.39, 0.29) is 29.9 Å². The van der Waals surface area contributed by atoms with Crippen LogP contribution in [0.25, 0.3) is 11.1 Å². The summed E-state index contributed by atoms with van der Waals surface area (Å²) in [5.74, 6) is -0.0201. The number of aliphatic hydroxyl groups is 1. The van der Waals surface area contributed by atoms with Crippen LogP contribution in [0.3, 0.4) is 0 Å². The molecule has 1 unspecified atom stereocenters. The summed E-state index contributed by atoms with van der Waals surface area (Å²) >= 11 is 0. The van der Waals surface area contributed by atoms with Gasteiger partial charge >= 0.3 is 0 Å². The van der Waals surface area contributed by atoms with Gasteiger partial charge in [0.1, 0.15) is 0 Å². The quantitative estimate of drug-likeness (QED) is 0.783. The Morgan fingerprint density at radius 2 is 1.82 bits per heavy atom. The van der Waals surface area contributed by atoms with Gasteiger partial charge in [0.15, 0.2) is 0 Å². The van der Waals surface area contributed by atoms with Crippen molar-refractivity contribution in [1.82, 2.24) is 5.32 Å². The van der Waals surface area contributed by atoms with Gasteiger partial charge in [-0.15, -0.1) is 0 Å². The number of carbonyl (C=O) groups excluding carboxylic acids is 1. The van der Waals surface area contributed by atoms with E-state index in [0.29, 0.717) is 5.56 Å². The maximum atomic E-state index is 12.6. The third-order valence-electron chi connectivity index (χ3n) is 5.88. The molecular formula is C24H28N2O2. The van der Waals surface area contributed by atoms with E-state index in [1.54, 1.807) is 6.07 Å². The molecule has 0 aromatic heterocycles. The third kappa shape index (κ3) is 4.10. The first-order chi connectivity index (χ1) is 13.5. The second kappa shape index (κ2) is 8.58. The Hall–Kier alpha value is -2.64. The van der Waals surface area contributed by atoms with E-state index in [2.05, 4.69) is 23.5 Å². The number of aliphatic hydroxyl groups excluding tert-OH is 1.